The second kappa shape index (κ2) is 4.38. The summed E-state index contributed by atoms with van der Waals surface area (Å²) in [5.41, 5.74) is 3.22. The molecule has 0 aliphatic rings. The first kappa shape index (κ1) is 11.2. The van der Waals surface area contributed by atoms with Crippen molar-refractivity contribution in [1.82, 2.24) is 19.7 Å². The Kier molecular flexibility index (Phi) is 2.72. The van der Waals surface area contributed by atoms with Gasteiger partial charge in [0, 0.05) is 6.20 Å². The number of aryl methyl sites for hydroxylation is 1. The molecular formula is C13H11ClN4. The molecule has 2 heterocycles. The molecular weight excluding hydrogens is 248 g/mol. The van der Waals surface area contributed by atoms with E-state index < -0.39 is 0 Å². The summed E-state index contributed by atoms with van der Waals surface area (Å²) >= 11 is 5.82. The molecule has 0 N–H and O–H groups in total. The fraction of sp³-hybridized carbons (Fsp3) is 0.154. The smallest absolute Gasteiger partial charge is 0.224 e. The molecule has 0 atom stereocenters. The van der Waals surface area contributed by atoms with Crippen LogP contribution in [0, 0.1) is 6.92 Å². The van der Waals surface area contributed by atoms with Crippen LogP contribution in [0.25, 0.3) is 11.0 Å². The second-order valence-corrected chi connectivity index (χ2v) is 4.48. The minimum Gasteiger partial charge on any atom is -0.243 e. The van der Waals surface area contributed by atoms with Crippen molar-refractivity contribution in [2.45, 2.75) is 13.5 Å². The summed E-state index contributed by atoms with van der Waals surface area (Å²) in [4.78, 5) is 8.16. The number of nitrogens with zero attached hydrogens (tertiary/aromatic N) is 4. The first-order chi connectivity index (χ1) is 8.74. The summed E-state index contributed by atoms with van der Waals surface area (Å²) in [5, 5.41) is 5.47. The standard InChI is InChI=1S/C13H11ClN4/c1-9-4-2-3-5-10(9)8-18-12-11(7-16-18)6-15-13(14)17-12/h2-7H,8H2,1H3. The van der Waals surface area contributed by atoms with Gasteiger partial charge in [-0.1, -0.05) is 24.3 Å². The number of hydrogen-bond donors (Lipinski definition) is 0. The molecule has 4 nitrogen and oxygen atoms in total. The van der Waals surface area contributed by atoms with E-state index in [1.807, 2.05) is 16.8 Å². The summed E-state index contributed by atoms with van der Waals surface area (Å²) in [6, 6.07) is 8.23. The van der Waals surface area contributed by atoms with Gasteiger partial charge < -0.3 is 0 Å². The van der Waals surface area contributed by atoms with Crippen molar-refractivity contribution in [2.75, 3.05) is 0 Å². The van der Waals surface area contributed by atoms with E-state index in [1.165, 1.54) is 11.1 Å². The lowest BCUT2D eigenvalue weighted by molar-refractivity contribution is 0.701. The van der Waals surface area contributed by atoms with Crippen LogP contribution in [0.15, 0.2) is 36.7 Å². The van der Waals surface area contributed by atoms with Gasteiger partial charge in [0.05, 0.1) is 18.1 Å². The summed E-state index contributed by atoms with van der Waals surface area (Å²) < 4.78 is 1.84. The molecule has 0 unspecified atom stereocenters. The third-order valence-corrected chi connectivity index (χ3v) is 3.11. The van der Waals surface area contributed by atoms with Crippen LogP contribution in [0.5, 0.6) is 0 Å². The number of halogens is 1. The van der Waals surface area contributed by atoms with Gasteiger partial charge in [-0.25, -0.2) is 9.67 Å². The molecule has 0 saturated carbocycles. The van der Waals surface area contributed by atoms with Gasteiger partial charge in [0.2, 0.25) is 5.28 Å². The number of hydrogen-bond acceptors (Lipinski definition) is 3. The van der Waals surface area contributed by atoms with Gasteiger partial charge in [-0.3, -0.25) is 0 Å². The second-order valence-electron chi connectivity index (χ2n) is 4.15. The summed E-state index contributed by atoms with van der Waals surface area (Å²) in [7, 11) is 0. The van der Waals surface area contributed by atoms with Gasteiger partial charge >= 0.3 is 0 Å². The van der Waals surface area contributed by atoms with E-state index in [1.54, 1.807) is 12.4 Å². The topological polar surface area (TPSA) is 43.6 Å². The van der Waals surface area contributed by atoms with Gasteiger partial charge in [0.25, 0.3) is 0 Å². The third kappa shape index (κ3) is 1.95. The molecule has 1 aromatic carbocycles. The van der Waals surface area contributed by atoms with Gasteiger partial charge in [0.1, 0.15) is 0 Å². The Labute approximate surface area is 109 Å². The number of rotatable bonds is 2. The molecule has 3 aromatic rings. The molecule has 0 aliphatic carbocycles. The zero-order chi connectivity index (χ0) is 12.5. The Morgan fingerprint density at radius 2 is 2.06 bits per heavy atom. The maximum atomic E-state index is 5.82. The maximum absolute atomic E-state index is 5.82. The van der Waals surface area contributed by atoms with E-state index in [4.69, 9.17) is 11.6 Å². The van der Waals surface area contributed by atoms with Crippen molar-refractivity contribution in [3.63, 3.8) is 0 Å². The molecule has 0 aliphatic heterocycles. The van der Waals surface area contributed by atoms with Crippen LogP contribution in [0.4, 0.5) is 0 Å². The first-order valence-corrected chi connectivity index (χ1v) is 6.00. The molecule has 2 aromatic heterocycles. The third-order valence-electron chi connectivity index (χ3n) is 2.93. The van der Waals surface area contributed by atoms with Crippen molar-refractivity contribution in [3.05, 3.63) is 53.1 Å². The highest BCUT2D eigenvalue weighted by atomic mass is 35.5. The van der Waals surface area contributed by atoms with Gasteiger partial charge in [-0.15, -0.1) is 0 Å². The molecule has 0 fully saturated rings. The molecule has 5 heteroatoms. The van der Waals surface area contributed by atoms with Crippen molar-refractivity contribution in [1.29, 1.82) is 0 Å². The van der Waals surface area contributed by atoms with E-state index in [2.05, 4.69) is 34.1 Å². The SMILES string of the molecule is Cc1ccccc1Cn1ncc2cnc(Cl)nc21. The predicted molar refractivity (Wildman–Crippen MR) is 70.6 cm³/mol. The lowest BCUT2D eigenvalue weighted by atomic mass is 10.1. The Bertz CT molecular complexity index is 705. The molecule has 18 heavy (non-hydrogen) atoms. The zero-order valence-corrected chi connectivity index (χ0v) is 10.6. The molecule has 0 bridgehead atoms. The van der Waals surface area contributed by atoms with E-state index >= 15 is 0 Å². The van der Waals surface area contributed by atoms with Crippen molar-refractivity contribution in [2.24, 2.45) is 0 Å². The Hall–Kier alpha value is -1.94. The normalized spacial score (nSPS) is 11.0. The number of fused-ring (bicyclic) bond motifs is 1. The van der Waals surface area contributed by atoms with E-state index in [0.29, 0.717) is 6.54 Å². The number of aromatic nitrogens is 4. The largest absolute Gasteiger partial charge is 0.243 e. The minimum atomic E-state index is 0.244. The Morgan fingerprint density at radius 3 is 2.89 bits per heavy atom. The van der Waals surface area contributed by atoms with Crippen molar-refractivity contribution >= 4 is 22.6 Å². The average Bonchev–Trinajstić information content (AvgIpc) is 2.75. The Balaban J connectivity index is 2.05. The maximum Gasteiger partial charge on any atom is 0.224 e. The average molecular weight is 259 g/mol. The molecule has 0 radical (unpaired) electrons. The predicted octanol–water partition coefficient (Wildman–Crippen LogP) is 2.84. The van der Waals surface area contributed by atoms with Crippen LogP contribution >= 0.6 is 11.6 Å². The lowest BCUT2D eigenvalue weighted by Gasteiger charge is -2.06. The quantitative estimate of drug-likeness (QED) is 0.664. The van der Waals surface area contributed by atoms with Gasteiger partial charge in [-0.05, 0) is 29.7 Å². The van der Waals surface area contributed by atoms with Gasteiger partial charge in [0.15, 0.2) is 5.65 Å². The monoisotopic (exact) mass is 258 g/mol. The molecule has 90 valence electrons. The fourth-order valence-electron chi connectivity index (χ4n) is 1.91. The molecule has 0 saturated heterocycles. The van der Waals surface area contributed by atoms with Gasteiger partial charge in [-0.2, -0.15) is 10.1 Å². The molecule has 0 spiro atoms. The lowest BCUT2D eigenvalue weighted by Crippen LogP contribution is -2.04. The van der Waals surface area contributed by atoms with E-state index in [-0.39, 0.29) is 5.28 Å². The Morgan fingerprint density at radius 1 is 1.22 bits per heavy atom. The summed E-state index contributed by atoms with van der Waals surface area (Å²) in [6.45, 7) is 2.77. The highest BCUT2D eigenvalue weighted by Gasteiger charge is 2.07. The van der Waals surface area contributed by atoms with Crippen LogP contribution in [0.2, 0.25) is 5.28 Å². The van der Waals surface area contributed by atoms with Crippen LogP contribution in [0.3, 0.4) is 0 Å². The molecule has 3 rings (SSSR count). The van der Waals surface area contributed by atoms with Crippen molar-refractivity contribution < 1.29 is 0 Å². The van der Waals surface area contributed by atoms with Crippen LogP contribution in [-0.4, -0.2) is 19.7 Å². The van der Waals surface area contributed by atoms with E-state index in [9.17, 15) is 0 Å². The van der Waals surface area contributed by atoms with Crippen LogP contribution in [0.1, 0.15) is 11.1 Å². The zero-order valence-electron chi connectivity index (χ0n) is 9.84. The highest BCUT2D eigenvalue weighted by Crippen LogP contribution is 2.15. The van der Waals surface area contributed by atoms with Crippen LogP contribution in [-0.2, 0) is 6.54 Å². The first-order valence-electron chi connectivity index (χ1n) is 5.62. The van der Waals surface area contributed by atoms with E-state index in [0.717, 1.165) is 11.0 Å². The van der Waals surface area contributed by atoms with Crippen LogP contribution < -0.4 is 0 Å². The minimum absolute atomic E-state index is 0.244. The van der Waals surface area contributed by atoms with Crippen molar-refractivity contribution in [3.8, 4) is 0 Å². The highest BCUT2D eigenvalue weighted by molar-refractivity contribution is 6.28. The molecule has 0 amide bonds. The number of benzene rings is 1. The fourth-order valence-corrected chi connectivity index (χ4v) is 2.04. The summed E-state index contributed by atoms with van der Waals surface area (Å²) in [5.74, 6) is 0. The summed E-state index contributed by atoms with van der Waals surface area (Å²) in [6.07, 6.45) is 3.44.